The lowest BCUT2D eigenvalue weighted by atomic mass is 9.60. The molecule has 1 N–H and O–H groups in total. The maximum Gasteiger partial charge on any atom is 0.142 e. The van der Waals surface area contributed by atoms with Crippen molar-refractivity contribution in [3.8, 4) is 11.3 Å². The Bertz CT molecular complexity index is 1680. The van der Waals surface area contributed by atoms with Crippen molar-refractivity contribution in [2.75, 3.05) is 0 Å². The minimum absolute atomic E-state index is 0.181. The van der Waals surface area contributed by atoms with E-state index in [9.17, 15) is 0 Å². The summed E-state index contributed by atoms with van der Waals surface area (Å²) in [5.41, 5.74) is 13.1. The molecule has 2 heteroatoms. The fourth-order valence-electron chi connectivity index (χ4n) is 7.36. The van der Waals surface area contributed by atoms with Crippen LogP contribution in [0.25, 0.3) is 22.9 Å². The molecule has 0 aliphatic carbocycles. The van der Waals surface area contributed by atoms with Crippen molar-refractivity contribution in [3.63, 3.8) is 0 Å². The lowest BCUT2D eigenvalue weighted by molar-refractivity contribution is -0.838. The number of benzene rings is 3. The standard InChI is InChI=1S/C36H34N2/c1-24-13-11-18-30-34(24)31-19-12-20-38(31)35(3,4)36(30,5)33-22-27-16-9-10-17-28(27)32-21-25(2)29(23-37(32)33)26-14-7-6-8-15-26/h6-23,32H,1-5H3/p+1. The van der Waals surface area contributed by atoms with Gasteiger partial charge in [-0.3, -0.25) is 4.90 Å². The van der Waals surface area contributed by atoms with Crippen LogP contribution in [-0.2, 0) is 11.0 Å². The average molecular weight is 496 g/mol. The van der Waals surface area contributed by atoms with E-state index in [1.807, 2.05) is 0 Å². The number of hydrogen-bond donors (Lipinski definition) is 1. The second-order valence-corrected chi connectivity index (χ2v) is 11.8. The van der Waals surface area contributed by atoms with Crippen LogP contribution in [0.2, 0.25) is 0 Å². The van der Waals surface area contributed by atoms with E-state index in [4.69, 9.17) is 0 Å². The van der Waals surface area contributed by atoms with E-state index < -0.39 is 0 Å². The first-order chi connectivity index (χ1) is 18.3. The second-order valence-electron chi connectivity index (χ2n) is 11.8. The molecular formula is C36H35N2+. The van der Waals surface area contributed by atoms with Crippen LogP contribution in [0.3, 0.4) is 0 Å². The molecule has 0 spiro atoms. The normalized spacial score (nSPS) is 24.7. The molecule has 0 saturated carbocycles. The van der Waals surface area contributed by atoms with Crippen LogP contribution in [0.5, 0.6) is 0 Å². The van der Waals surface area contributed by atoms with Gasteiger partial charge in [0.2, 0.25) is 0 Å². The van der Waals surface area contributed by atoms with Gasteiger partial charge in [-0.2, -0.15) is 0 Å². The number of aryl methyl sites for hydroxylation is 1. The van der Waals surface area contributed by atoms with Gasteiger partial charge in [-0.05, 0) is 80.7 Å². The van der Waals surface area contributed by atoms with E-state index in [2.05, 4.69) is 149 Å². The van der Waals surface area contributed by atoms with Gasteiger partial charge >= 0.3 is 0 Å². The Labute approximate surface area is 226 Å². The van der Waals surface area contributed by atoms with Gasteiger partial charge in [0.25, 0.3) is 0 Å². The van der Waals surface area contributed by atoms with Crippen molar-refractivity contribution in [3.05, 3.63) is 142 Å². The molecule has 188 valence electrons. The van der Waals surface area contributed by atoms with Crippen molar-refractivity contribution in [1.82, 2.24) is 4.57 Å². The Balaban J connectivity index is 1.53. The van der Waals surface area contributed by atoms with Gasteiger partial charge in [0.05, 0.1) is 11.0 Å². The molecule has 4 aromatic rings. The van der Waals surface area contributed by atoms with E-state index in [-0.39, 0.29) is 17.0 Å². The number of aromatic nitrogens is 1. The van der Waals surface area contributed by atoms with Gasteiger partial charge in [0.15, 0.2) is 0 Å². The highest BCUT2D eigenvalue weighted by Crippen LogP contribution is 2.54. The monoisotopic (exact) mass is 495 g/mol. The van der Waals surface area contributed by atoms with Crippen LogP contribution < -0.4 is 4.90 Å². The highest BCUT2D eigenvalue weighted by atomic mass is 15.2. The van der Waals surface area contributed by atoms with Crippen molar-refractivity contribution in [2.45, 2.75) is 51.6 Å². The summed E-state index contributed by atoms with van der Waals surface area (Å²) in [6.07, 6.45) is 9.77. The maximum atomic E-state index is 2.52. The Kier molecular flexibility index (Phi) is 4.93. The number of nitrogens with one attached hydrogen (secondary N) is 1. The Hall–Kier alpha value is -3.88. The van der Waals surface area contributed by atoms with Crippen LogP contribution in [-0.4, -0.2) is 4.57 Å². The molecule has 0 amide bonds. The third kappa shape index (κ3) is 2.98. The van der Waals surface area contributed by atoms with Crippen LogP contribution in [0.4, 0.5) is 0 Å². The molecule has 3 atom stereocenters. The molecular weight excluding hydrogens is 460 g/mol. The summed E-state index contributed by atoms with van der Waals surface area (Å²) in [4.78, 5) is 1.42. The van der Waals surface area contributed by atoms with Gasteiger partial charge < -0.3 is 4.57 Å². The topological polar surface area (TPSA) is 9.37 Å². The van der Waals surface area contributed by atoms with Gasteiger partial charge in [-0.1, -0.05) is 72.8 Å². The van der Waals surface area contributed by atoms with Crippen LogP contribution in [0.1, 0.15) is 61.6 Å². The predicted octanol–water partition coefficient (Wildman–Crippen LogP) is 7.45. The number of hydrogen-bond acceptors (Lipinski definition) is 0. The molecule has 2 nitrogen and oxygen atoms in total. The number of quaternary nitrogens is 1. The second kappa shape index (κ2) is 8.06. The predicted molar refractivity (Wildman–Crippen MR) is 158 cm³/mol. The average Bonchev–Trinajstić information content (AvgIpc) is 3.42. The summed E-state index contributed by atoms with van der Waals surface area (Å²) in [6, 6.07) is 31.5. The van der Waals surface area contributed by atoms with E-state index in [0.29, 0.717) is 0 Å². The van der Waals surface area contributed by atoms with Gasteiger partial charge in [-0.25, -0.2) is 0 Å². The van der Waals surface area contributed by atoms with Gasteiger partial charge in [0, 0.05) is 34.7 Å². The Morgan fingerprint density at radius 2 is 1.55 bits per heavy atom. The molecule has 0 fully saturated rings. The van der Waals surface area contributed by atoms with Gasteiger partial charge in [0.1, 0.15) is 17.9 Å². The number of rotatable bonds is 2. The number of nitrogens with zero attached hydrogens (tertiary/aromatic N) is 1. The van der Waals surface area contributed by atoms with E-state index >= 15 is 0 Å². The van der Waals surface area contributed by atoms with E-state index in [0.717, 1.165) is 0 Å². The minimum atomic E-state index is -0.251. The summed E-state index contributed by atoms with van der Waals surface area (Å²) in [6.45, 7) is 11.9. The summed E-state index contributed by atoms with van der Waals surface area (Å²) < 4.78 is 2.52. The summed E-state index contributed by atoms with van der Waals surface area (Å²) >= 11 is 0. The first-order valence-corrected chi connectivity index (χ1v) is 13.7. The molecule has 3 aliphatic rings. The van der Waals surface area contributed by atoms with Gasteiger partial charge in [-0.15, -0.1) is 0 Å². The summed E-state index contributed by atoms with van der Waals surface area (Å²) in [5.74, 6) is 0. The molecule has 3 aliphatic heterocycles. The highest BCUT2D eigenvalue weighted by molar-refractivity contribution is 5.80. The van der Waals surface area contributed by atoms with Crippen molar-refractivity contribution >= 4 is 11.6 Å². The smallest absolute Gasteiger partial charge is 0.142 e. The lowest BCUT2D eigenvalue weighted by Gasteiger charge is -2.53. The number of allylic oxidation sites excluding steroid dienone is 3. The minimum Gasteiger partial charge on any atom is -0.340 e. The zero-order valence-corrected chi connectivity index (χ0v) is 22.9. The largest absolute Gasteiger partial charge is 0.340 e. The molecule has 3 aromatic carbocycles. The zero-order valence-electron chi connectivity index (χ0n) is 22.9. The highest BCUT2D eigenvalue weighted by Gasteiger charge is 2.57. The Morgan fingerprint density at radius 3 is 2.37 bits per heavy atom. The third-order valence-electron chi connectivity index (χ3n) is 9.68. The molecule has 4 heterocycles. The molecule has 0 bridgehead atoms. The molecule has 1 aromatic heterocycles. The van der Waals surface area contributed by atoms with Crippen LogP contribution >= 0.6 is 0 Å². The third-order valence-corrected chi connectivity index (χ3v) is 9.68. The molecule has 38 heavy (non-hydrogen) atoms. The summed E-state index contributed by atoms with van der Waals surface area (Å²) in [7, 11) is 0. The lowest BCUT2D eigenvalue weighted by Crippen LogP contribution is -3.09. The fraction of sp³-hybridized carbons (Fsp3) is 0.222. The quantitative estimate of drug-likeness (QED) is 0.296. The first kappa shape index (κ1) is 23.3. The van der Waals surface area contributed by atoms with Crippen molar-refractivity contribution < 1.29 is 4.90 Å². The fourth-order valence-corrected chi connectivity index (χ4v) is 7.36. The molecule has 3 unspecified atom stereocenters. The maximum absolute atomic E-state index is 2.52. The van der Waals surface area contributed by atoms with Crippen molar-refractivity contribution in [1.29, 1.82) is 0 Å². The first-order valence-electron chi connectivity index (χ1n) is 13.7. The van der Waals surface area contributed by atoms with Crippen LogP contribution in [0, 0.1) is 6.92 Å². The van der Waals surface area contributed by atoms with Crippen molar-refractivity contribution in [2.24, 2.45) is 0 Å². The molecule has 0 radical (unpaired) electrons. The van der Waals surface area contributed by atoms with Crippen LogP contribution in [0.15, 0.2) is 115 Å². The van der Waals surface area contributed by atoms with E-state index in [1.54, 1.807) is 0 Å². The number of fused-ring (bicyclic) bond motifs is 6. The molecule has 0 saturated heterocycles. The molecule has 7 rings (SSSR count). The Morgan fingerprint density at radius 1 is 0.789 bits per heavy atom. The van der Waals surface area contributed by atoms with E-state index in [1.165, 1.54) is 60.8 Å². The SMILES string of the molecule is CC1=CC2c3ccccc3C=C(C3(C)c4cccc(C)c4-c4cccn4C3(C)C)[NH+]2C=C1c1ccccc1. The summed E-state index contributed by atoms with van der Waals surface area (Å²) in [5, 5.41) is 0. The zero-order chi connectivity index (χ0) is 26.2.